The molecule has 1 rings (SSSR count). The Morgan fingerprint density at radius 3 is 2.36 bits per heavy atom. The number of hydrogen-bond acceptors (Lipinski definition) is 3. The second kappa shape index (κ2) is 11.1. The van der Waals surface area contributed by atoms with Crippen molar-refractivity contribution in [2.45, 2.75) is 65.8 Å². The average Bonchev–Trinajstić information content (AvgIpc) is 2.63. The van der Waals surface area contributed by atoms with E-state index in [2.05, 4.69) is 38.2 Å². The van der Waals surface area contributed by atoms with Crippen LogP contribution < -0.4 is 15.8 Å². The number of amides is 1. The van der Waals surface area contributed by atoms with Gasteiger partial charge in [-0.3, -0.25) is 4.79 Å². The summed E-state index contributed by atoms with van der Waals surface area (Å²) < 4.78 is 5.84. The van der Waals surface area contributed by atoms with Crippen LogP contribution in [0.15, 0.2) is 24.3 Å². The predicted octanol–water partition coefficient (Wildman–Crippen LogP) is 4.09. The van der Waals surface area contributed by atoms with Crippen molar-refractivity contribution in [3.8, 4) is 5.75 Å². The van der Waals surface area contributed by atoms with Crippen LogP contribution in [0.3, 0.4) is 0 Å². The lowest BCUT2D eigenvalue weighted by Crippen LogP contribution is -2.45. The van der Waals surface area contributed by atoms with Gasteiger partial charge >= 0.3 is 0 Å². The number of carbonyl (C=O) groups is 1. The first-order valence-electron chi connectivity index (χ1n) is 9.65. The summed E-state index contributed by atoms with van der Waals surface area (Å²) in [6.45, 7) is 11.9. The van der Waals surface area contributed by atoms with Crippen molar-refractivity contribution in [1.29, 1.82) is 0 Å². The number of nitrogens with two attached hydrogens (primary N) is 1. The minimum absolute atomic E-state index is 0.0638. The molecule has 0 aliphatic heterocycles. The van der Waals surface area contributed by atoms with Crippen LogP contribution in [0.4, 0.5) is 0 Å². The summed E-state index contributed by atoms with van der Waals surface area (Å²) in [6.07, 6.45) is 3.28. The summed E-state index contributed by atoms with van der Waals surface area (Å²) in [7, 11) is 0. The predicted molar refractivity (Wildman–Crippen MR) is 105 cm³/mol. The maximum Gasteiger partial charge on any atom is 0.237 e. The Morgan fingerprint density at radius 2 is 1.80 bits per heavy atom. The van der Waals surface area contributed by atoms with Crippen molar-refractivity contribution >= 4 is 5.91 Å². The first-order valence-corrected chi connectivity index (χ1v) is 9.65. The molecule has 0 aliphatic rings. The Kier molecular flexibility index (Phi) is 9.58. The monoisotopic (exact) mass is 348 g/mol. The summed E-state index contributed by atoms with van der Waals surface area (Å²) in [5.74, 6) is 1.85. The van der Waals surface area contributed by atoms with Crippen LogP contribution in [0.5, 0.6) is 5.75 Å². The Labute approximate surface area is 153 Å². The third-order valence-electron chi connectivity index (χ3n) is 4.91. The molecule has 0 aromatic heterocycles. The first-order chi connectivity index (χ1) is 11.9. The van der Waals surface area contributed by atoms with E-state index in [0.29, 0.717) is 12.5 Å². The van der Waals surface area contributed by atoms with E-state index in [4.69, 9.17) is 10.5 Å². The average molecular weight is 349 g/mol. The van der Waals surface area contributed by atoms with Gasteiger partial charge < -0.3 is 15.8 Å². The van der Waals surface area contributed by atoms with E-state index in [1.807, 2.05) is 26.0 Å². The van der Waals surface area contributed by atoms with E-state index in [9.17, 15) is 4.79 Å². The quantitative estimate of drug-likeness (QED) is 0.633. The zero-order valence-electron chi connectivity index (χ0n) is 16.5. The summed E-state index contributed by atoms with van der Waals surface area (Å²) in [6, 6.07) is 7.74. The molecular weight excluding hydrogens is 312 g/mol. The molecule has 142 valence electrons. The molecule has 4 heteroatoms. The Balaban J connectivity index is 2.46. The lowest BCUT2D eigenvalue weighted by molar-refractivity contribution is -0.123. The lowest BCUT2D eigenvalue weighted by Gasteiger charge is -2.20. The molecule has 0 radical (unpaired) electrons. The van der Waals surface area contributed by atoms with Gasteiger partial charge in [-0.2, -0.15) is 0 Å². The van der Waals surface area contributed by atoms with Gasteiger partial charge in [0.25, 0.3) is 0 Å². The zero-order valence-corrected chi connectivity index (χ0v) is 16.5. The van der Waals surface area contributed by atoms with Gasteiger partial charge in [0.15, 0.2) is 0 Å². The lowest BCUT2D eigenvalue weighted by atomic mass is 9.98. The van der Waals surface area contributed by atoms with Gasteiger partial charge in [0.1, 0.15) is 5.75 Å². The van der Waals surface area contributed by atoms with Gasteiger partial charge in [-0.1, -0.05) is 59.6 Å². The summed E-state index contributed by atoms with van der Waals surface area (Å²) >= 11 is 0. The van der Waals surface area contributed by atoms with Crippen LogP contribution in [0.2, 0.25) is 0 Å². The highest BCUT2D eigenvalue weighted by molar-refractivity contribution is 5.81. The van der Waals surface area contributed by atoms with Crippen molar-refractivity contribution in [1.82, 2.24) is 5.32 Å². The van der Waals surface area contributed by atoms with Gasteiger partial charge in [-0.25, -0.2) is 0 Å². The largest absolute Gasteiger partial charge is 0.493 e. The molecule has 4 nitrogen and oxygen atoms in total. The first kappa shape index (κ1) is 21.5. The van der Waals surface area contributed by atoms with Gasteiger partial charge in [0.05, 0.1) is 12.6 Å². The standard InChI is InChI=1S/C21H36N2O2/c1-6-8-15(3)14-25-19-11-9-18(10-12-19)17(5)13-23-21(24)20(22)16(4)7-2/h9-12,15-17,20H,6-8,13-14,22H2,1-5H3,(H,23,24)/t15?,16-,17+,20-/m1/s1. The molecule has 0 heterocycles. The number of nitrogens with one attached hydrogen (secondary N) is 1. The van der Waals surface area contributed by atoms with E-state index >= 15 is 0 Å². The molecule has 25 heavy (non-hydrogen) atoms. The highest BCUT2D eigenvalue weighted by Gasteiger charge is 2.19. The van der Waals surface area contributed by atoms with Gasteiger partial charge in [-0.15, -0.1) is 0 Å². The number of hydrogen-bond donors (Lipinski definition) is 2. The molecule has 0 aliphatic carbocycles. The van der Waals surface area contributed by atoms with Crippen LogP contribution >= 0.6 is 0 Å². The van der Waals surface area contributed by atoms with E-state index in [-0.39, 0.29) is 17.7 Å². The van der Waals surface area contributed by atoms with E-state index in [1.165, 1.54) is 18.4 Å². The van der Waals surface area contributed by atoms with Crippen LogP contribution in [0.25, 0.3) is 0 Å². The molecule has 3 N–H and O–H groups in total. The zero-order chi connectivity index (χ0) is 18.8. The normalized spacial score (nSPS) is 15.9. The third-order valence-corrected chi connectivity index (χ3v) is 4.91. The molecule has 0 saturated carbocycles. The van der Waals surface area contributed by atoms with Crippen molar-refractivity contribution in [3.63, 3.8) is 0 Å². The topological polar surface area (TPSA) is 64.3 Å². The Bertz CT molecular complexity index is 501. The SMILES string of the molecule is CCCC(C)COc1ccc([C@@H](C)CNC(=O)[C@H](N)[C@H](C)CC)cc1. The number of ether oxygens (including phenoxy) is 1. The third kappa shape index (κ3) is 7.47. The second-order valence-electron chi connectivity index (χ2n) is 7.33. The van der Waals surface area contributed by atoms with Crippen LogP contribution in [-0.2, 0) is 4.79 Å². The van der Waals surface area contributed by atoms with Crippen molar-refractivity contribution in [2.24, 2.45) is 17.6 Å². The fourth-order valence-electron chi connectivity index (χ4n) is 2.71. The van der Waals surface area contributed by atoms with Crippen LogP contribution in [-0.4, -0.2) is 25.1 Å². The number of rotatable bonds is 11. The molecule has 1 aromatic carbocycles. The second-order valence-corrected chi connectivity index (χ2v) is 7.33. The Morgan fingerprint density at radius 1 is 1.16 bits per heavy atom. The maximum absolute atomic E-state index is 12.1. The fraction of sp³-hybridized carbons (Fsp3) is 0.667. The number of carbonyl (C=O) groups excluding carboxylic acids is 1. The molecule has 1 aromatic rings. The highest BCUT2D eigenvalue weighted by Crippen LogP contribution is 2.20. The van der Waals surface area contributed by atoms with Crippen LogP contribution in [0, 0.1) is 11.8 Å². The van der Waals surface area contributed by atoms with E-state index < -0.39 is 6.04 Å². The summed E-state index contributed by atoms with van der Waals surface area (Å²) in [5.41, 5.74) is 7.15. The van der Waals surface area contributed by atoms with E-state index in [1.54, 1.807) is 0 Å². The highest BCUT2D eigenvalue weighted by atomic mass is 16.5. The molecule has 4 atom stereocenters. The molecule has 0 bridgehead atoms. The molecule has 0 saturated heterocycles. The molecular formula is C21H36N2O2. The van der Waals surface area contributed by atoms with Gasteiger partial charge in [0, 0.05) is 6.54 Å². The Hall–Kier alpha value is -1.55. The smallest absolute Gasteiger partial charge is 0.237 e. The van der Waals surface area contributed by atoms with Gasteiger partial charge in [0.2, 0.25) is 5.91 Å². The molecule has 0 fully saturated rings. The van der Waals surface area contributed by atoms with Crippen LogP contribution in [0.1, 0.15) is 65.4 Å². The maximum atomic E-state index is 12.1. The molecule has 1 amide bonds. The van der Waals surface area contributed by atoms with Gasteiger partial charge in [-0.05, 0) is 41.9 Å². The van der Waals surface area contributed by atoms with Crippen molar-refractivity contribution < 1.29 is 9.53 Å². The molecule has 0 spiro atoms. The minimum Gasteiger partial charge on any atom is -0.493 e. The summed E-state index contributed by atoms with van der Waals surface area (Å²) in [4.78, 5) is 12.1. The van der Waals surface area contributed by atoms with Crippen molar-refractivity contribution in [2.75, 3.05) is 13.2 Å². The van der Waals surface area contributed by atoms with Crippen molar-refractivity contribution in [3.05, 3.63) is 29.8 Å². The van der Waals surface area contributed by atoms with E-state index in [0.717, 1.165) is 18.8 Å². The number of benzene rings is 1. The summed E-state index contributed by atoms with van der Waals surface area (Å²) in [5, 5.41) is 2.97. The fourth-order valence-corrected chi connectivity index (χ4v) is 2.71. The molecule has 1 unspecified atom stereocenters. The minimum atomic E-state index is -0.432.